The Labute approximate surface area is 187 Å². The molecule has 2 heterocycles. The summed E-state index contributed by atoms with van der Waals surface area (Å²) in [6, 6.07) is 15.0. The molecule has 2 amide bonds. The number of hydrogen-bond acceptors (Lipinski definition) is 5. The van der Waals surface area contributed by atoms with Gasteiger partial charge in [0.25, 0.3) is 5.91 Å². The predicted octanol–water partition coefficient (Wildman–Crippen LogP) is 4.06. The van der Waals surface area contributed by atoms with Crippen LogP contribution in [-0.4, -0.2) is 30.6 Å². The number of anilines is 1. The Balaban J connectivity index is 0.00000259. The number of fused-ring (bicyclic) bond motifs is 1. The largest absolute Gasteiger partial charge is 0.454 e. The number of pyridine rings is 1. The zero-order valence-electron chi connectivity index (χ0n) is 17.9. The summed E-state index contributed by atoms with van der Waals surface area (Å²) in [4.78, 5) is 29.6. The van der Waals surface area contributed by atoms with Gasteiger partial charge < -0.3 is 20.1 Å². The minimum Gasteiger partial charge on any atom is -0.454 e. The average Bonchev–Trinajstić information content (AvgIpc) is 3.50. The Kier molecular flexibility index (Phi) is 4.81. The molecule has 7 heteroatoms. The molecule has 2 aromatic carbocycles. The number of carbonyl (C=O) groups excluding carboxylic acids is 2. The maximum atomic E-state index is 13.2. The van der Waals surface area contributed by atoms with E-state index in [2.05, 4.69) is 15.6 Å². The van der Waals surface area contributed by atoms with Crippen molar-refractivity contribution in [3.05, 3.63) is 71.4 Å². The van der Waals surface area contributed by atoms with Crippen molar-refractivity contribution in [2.24, 2.45) is 0 Å². The summed E-state index contributed by atoms with van der Waals surface area (Å²) in [5.74, 6) is 1.71. The number of hydrogen-bond donors (Lipinski definition) is 2. The SMILES string of the molecule is CNC(=O)c1cccc(-c2cnc(NC(=O)C3(c4ccc5c(c4)OCO5)CC3)c(C)c2)c1.[HH]. The summed E-state index contributed by atoms with van der Waals surface area (Å²) >= 11 is 0. The first-order valence-electron chi connectivity index (χ1n) is 10.5. The highest BCUT2D eigenvalue weighted by atomic mass is 16.7. The third-order valence-corrected chi connectivity index (χ3v) is 6.11. The molecule has 1 aliphatic carbocycles. The number of aryl methyl sites for hydroxylation is 1. The van der Waals surface area contributed by atoms with E-state index in [1.807, 2.05) is 49.4 Å². The number of carbonyl (C=O) groups is 2. The molecule has 1 aromatic heterocycles. The van der Waals surface area contributed by atoms with E-state index in [1.165, 1.54) is 0 Å². The van der Waals surface area contributed by atoms with Crippen LogP contribution < -0.4 is 20.1 Å². The lowest BCUT2D eigenvalue weighted by molar-refractivity contribution is -0.118. The third kappa shape index (κ3) is 3.45. The lowest BCUT2D eigenvalue weighted by atomic mass is 9.94. The van der Waals surface area contributed by atoms with E-state index in [4.69, 9.17) is 9.47 Å². The zero-order chi connectivity index (χ0) is 22.3. The first-order valence-corrected chi connectivity index (χ1v) is 10.5. The van der Waals surface area contributed by atoms with Crippen molar-refractivity contribution in [3.8, 4) is 22.6 Å². The van der Waals surface area contributed by atoms with Crippen molar-refractivity contribution in [1.29, 1.82) is 0 Å². The summed E-state index contributed by atoms with van der Waals surface area (Å²) in [5, 5.41) is 5.64. The molecule has 0 unspecified atom stereocenters. The Morgan fingerprint density at radius 2 is 1.84 bits per heavy atom. The fraction of sp³-hybridized carbons (Fsp3) is 0.240. The van der Waals surface area contributed by atoms with Crippen LogP contribution in [0, 0.1) is 6.92 Å². The molecule has 1 fully saturated rings. The lowest BCUT2D eigenvalue weighted by Gasteiger charge is -2.17. The van der Waals surface area contributed by atoms with Gasteiger partial charge in [0.05, 0.1) is 5.41 Å². The Bertz CT molecular complexity index is 1240. The Morgan fingerprint density at radius 1 is 1.03 bits per heavy atom. The molecule has 32 heavy (non-hydrogen) atoms. The van der Waals surface area contributed by atoms with E-state index in [0.717, 1.165) is 35.1 Å². The lowest BCUT2D eigenvalue weighted by Crippen LogP contribution is -2.28. The van der Waals surface area contributed by atoms with Gasteiger partial charge in [-0.1, -0.05) is 18.2 Å². The smallest absolute Gasteiger partial charge is 0.251 e. The minimum atomic E-state index is -0.560. The highest BCUT2D eigenvalue weighted by molar-refractivity contribution is 6.01. The molecule has 0 radical (unpaired) electrons. The molecule has 1 aliphatic heterocycles. The van der Waals surface area contributed by atoms with Crippen LogP contribution in [0.2, 0.25) is 0 Å². The fourth-order valence-electron chi connectivity index (χ4n) is 4.04. The van der Waals surface area contributed by atoms with Gasteiger partial charge in [0.2, 0.25) is 12.7 Å². The Morgan fingerprint density at radius 3 is 2.59 bits per heavy atom. The molecule has 2 N–H and O–H groups in total. The quantitative estimate of drug-likeness (QED) is 0.636. The van der Waals surface area contributed by atoms with Gasteiger partial charge in [0.15, 0.2) is 11.5 Å². The van der Waals surface area contributed by atoms with Crippen LogP contribution in [0.5, 0.6) is 11.5 Å². The van der Waals surface area contributed by atoms with E-state index in [9.17, 15) is 9.59 Å². The van der Waals surface area contributed by atoms with E-state index < -0.39 is 5.41 Å². The van der Waals surface area contributed by atoms with Gasteiger partial charge in [0.1, 0.15) is 5.82 Å². The number of amides is 2. The van der Waals surface area contributed by atoms with Crippen molar-refractivity contribution in [2.75, 3.05) is 19.2 Å². The van der Waals surface area contributed by atoms with Crippen molar-refractivity contribution in [1.82, 2.24) is 10.3 Å². The maximum absolute atomic E-state index is 13.2. The second-order valence-electron chi connectivity index (χ2n) is 8.15. The molecule has 164 valence electrons. The van der Waals surface area contributed by atoms with Crippen LogP contribution in [0.4, 0.5) is 5.82 Å². The van der Waals surface area contributed by atoms with E-state index >= 15 is 0 Å². The summed E-state index contributed by atoms with van der Waals surface area (Å²) in [6.45, 7) is 2.12. The van der Waals surface area contributed by atoms with Gasteiger partial charge in [-0.05, 0) is 66.8 Å². The number of ether oxygens (including phenoxy) is 2. The maximum Gasteiger partial charge on any atom is 0.251 e. The van der Waals surface area contributed by atoms with Crippen molar-refractivity contribution in [3.63, 3.8) is 0 Å². The van der Waals surface area contributed by atoms with Crippen LogP contribution >= 0.6 is 0 Å². The molecule has 1 saturated carbocycles. The number of nitrogens with one attached hydrogen (secondary N) is 2. The molecular formula is C25H25N3O4. The highest BCUT2D eigenvalue weighted by Crippen LogP contribution is 2.51. The first-order chi connectivity index (χ1) is 15.5. The summed E-state index contributed by atoms with van der Waals surface area (Å²) in [6.07, 6.45) is 3.27. The number of rotatable bonds is 5. The first kappa shape index (κ1) is 20.1. The van der Waals surface area contributed by atoms with Crippen LogP contribution in [0.25, 0.3) is 11.1 Å². The molecule has 2 aliphatic rings. The van der Waals surface area contributed by atoms with Gasteiger partial charge in [-0.2, -0.15) is 0 Å². The normalized spacial score (nSPS) is 15.2. The van der Waals surface area contributed by atoms with Crippen molar-refractivity contribution < 1.29 is 20.5 Å². The molecular weight excluding hydrogens is 406 g/mol. The van der Waals surface area contributed by atoms with Crippen LogP contribution in [0.3, 0.4) is 0 Å². The monoisotopic (exact) mass is 431 g/mol. The van der Waals surface area contributed by atoms with E-state index in [-0.39, 0.29) is 20.0 Å². The van der Waals surface area contributed by atoms with Crippen molar-refractivity contribution >= 4 is 17.6 Å². The standard InChI is InChI=1S/C25H23N3O4.H2/c1-15-10-18(16-4-3-5-17(11-16)23(29)26-2)13-27-22(15)28-24(30)25(8-9-25)19-6-7-20-21(12-19)32-14-31-20;/h3-7,10-13H,8-9,14H2,1-2H3,(H,26,29)(H,27,28,30);1H. The van der Waals surface area contributed by atoms with Gasteiger partial charge in [-0.15, -0.1) is 0 Å². The van der Waals surface area contributed by atoms with Crippen LogP contribution in [0.1, 0.15) is 35.8 Å². The number of nitrogens with zero attached hydrogens (tertiary/aromatic N) is 1. The topological polar surface area (TPSA) is 89.6 Å². The van der Waals surface area contributed by atoms with Gasteiger partial charge in [-0.3, -0.25) is 9.59 Å². The third-order valence-electron chi connectivity index (χ3n) is 6.11. The second-order valence-corrected chi connectivity index (χ2v) is 8.15. The summed E-state index contributed by atoms with van der Waals surface area (Å²) < 4.78 is 10.9. The molecule has 0 bridgehead atoms. The zero-order valence-corrected chi connectivity index (χ0v) is 17.9. The Hall–Kier alpha value is -3.87. The van der Waals surface area contributed by atoms with Crippen molar-refractivity contribution in [2.45, 2.75) is 25.2 Å². The molecule has 0 saturated heterocycles. The molecule has 5 rings (SSSR count). The second kappa shape index (κ2) is 7.67. The van der Waals surface area contributed by atoms with Gasteiger partial charge in [-0.25, -0.2) is 4.98 Å². The fourth-order valence-corrected chi connectivity index (χ4v) is 4.04. The molecule has 0 atom stereocenters. The molecule has 7 nitrogen and oxygen atoms in total. The number of aromatic nitrogens is 1. The molecule has 0 spiro atoms. The predicted molar refractivity (Wildman–Crippen MR) is 122 cm³/mol. The minimum absolute atomic E-state index is 0. The molecule has 3 aromatic rings. The van der Waals surface area contributed by atoms with Crippen LogP contribution in [0.15, 0.2) is 54.7 Å². The van der Waals surface area contributed by atoms with Crippen LogP contribution in [-0.2, 0) is 10.2 Å². The highest BCUT2D eigenvalue weighted by Gasteiger charge is 2.51. The average molecular weight is 431 g/mol. The number of benzene rings is 2. The summed E-state index contributed by atoms with van der Waals surface area (Å²) in [7, 11) is 1.61. The van der Waals surface area contributed by atoms with Gasteiger partial charge in [0, 0.05) is 25.8 Å². The summed E-state index contributed by atoms with van der Waals surface area (Å²) in [5.41, 5.74) is 3.57. The van der Waals surface area contributed by atoms with E-state index in [0.29, 0.717) is 22.9 Å². The van der Waals surface area contributed by atoms with Gasteiger partial charge >= 0.3 is 0 Å². The van der Waals surface area contributed by atoms with E-state index in [1.54, 1.807) is 19.3 Å².